The summed E-state index contributed by atoms with van der Waals surface area (Å²) in [7, 11) is -1.88. The van der Waals surface area contributed by atoms with Crippen molar-refractivity contribution < 1.29 is 22.7 Å². The lowest BCUT2D eigenvalue weighted by atomic mass is 10.2. The van der Waals surface area contributed by atoms with Crippen molar-refractivity contribution in [1.29, 1.82) is 0 Å². The van der Waals surface area contributed by atoms with E-state index in [1.54, 1.807) is 43.5 Å². The lowest BCUT2D eigenvalue weighted by Gasteiger charge is -2.18. The summed E-state index contributed by atoms with van der Waals surface area (Å²) in [5, 5.41) is 2.79. The predicted molar refractivity (Wildman–Crippen MR) is 111 cm³/mol. The number of anilines is 1. The highest BCUT2D eigenvalue weighted by Crippen LogP contribution is 2.23. The van der Waals surface area contributed by atoms with E-state index in [9.17, 15) is 13.2 Å². The molecule has 1 atom stereocenters. The molecule has 1 aliphatic rings. The molecular formula is C21H26N2O5S. The summed E-state index contributed by atoms with van der Waals surface area (Å²) < 4.78 is 37.5. The maximum Gasteiger partial charge on any atom is 0.265 e. The average Bonchev–Trinajstić information content (AvgIpc) is 3.28. The first-order valence-corrected chi connectivity index (χ1v) is 11.1. The molecule has 8 heteroatoms. The van der Waals surface area contributed by atoms with Gasteiger partial charge in [-0.15, -0.1) is 0 Å². The number of hydrogen-bond donors (Lipinski definition) is 1. The molecule has 0 unspecified atom stereocenters. The second-order valence-corrected chi connectivity index (χ2v) is 8.75. The standard InChI is InChI=1S/C21H26N2O5S/c1-3-20(28-18-10-8-17(27-2)9-11-18)21(24)22-16-6-12-19(13-7-16)29(25,26)23-14-4-5-15-23/h6-13,20H,3-5,14-15H2,1-2H3,(H,22,24)/t20-/m1/s1. The van der Waals surface area contributed by atoms with Crippen LogP contribution in [0.5, 0.6) is 11.5 Å². The van der Waals surface area contributed by atoms with Crippen LogP contribution in [0.1, 0.15) is 26.2 Å². The topological polar surface area (TPSA) is 84.9 Å². The SMILES string of the molecule is CC[C@@H](Oc1ccc(OC)cc1)C(=O)Nc1ccc(S(=O)(=O)N2CCCC2)cc1. The van der Waals surface area contributed by atoms with Crippen molar-refractivity contribution in [3.8, 4) is 11.5 Å². The van der Waals surface area contributed by atoms with Gasteiger partial charge in [-0.2, -0.15) is 4.31 Å². The Hall–Kier alpha value is -2.58. The summed E-state index contributed by atoms with van der Waals surface area (Å²) in [5.74, 6) is 0.983. The Bertz CT molecular complexity index is 921. The van der Waals surface area contributed by atoms with Crippen LogP contribution < -0.4 is 14.8 Å². The fourth-order valence-corrected chi connectivity index (χ4v) is 4.67. The zero-order valence-electron chi connectivity index (χ0n) is 16.6. The molecule has 2 aromatic carbocycles. The van der Waals surface area contributed by atoms with Crippen molar-refractivity contribution in [3.05, 3.63) is 48.5 Å². The van der Waals surface area contributed by atoms with Gasteiger partial charge < -0.3 is 14.8 Å². The predicted octanol–water partition coefficient (Wildman–Crippen LogP) is 3.28. The van der Waals surface area contributed by atoms with Crippen LogP contribution in [0.3, 0.4) is 0 Å². The number of ether oxygens (including phenoxy) is 2. The molecule has 0 aliphatic carbocycles. The lowest BCUT2D eigenvalue weighted by Crippen LogP contribution is -2.32. The Morgan fingerprint density at radius 3 is 2.17 bits per heavy atom. The highest BCUT2D eigenvalue weighted by atomic mass is 32.2. The molecule has 1 aliphatic heterocycles. The van der Waals surface area contributed by atoms with Gasteiger partial charge in [0.05, 0.1) is 12.0 Å². The first kappa shape index (κ1) is 21.1. The second kappa shape index (κ2) is 9.28. The highest BCUT2D eigenvalue weighted by Gasteiger charge is 2.27. The van der Waals surface area contributed by atoms with E-state index in [1.165, 1.54) is 16.4 Å². The van der Waals surface area contributed by atoms with Crippen LogP contribution in [0.4, 0.5) is 5.69 Å². The average molecular weight is 419 g/mol. The smallest absolute Gasteiger partial charge is 0.265 e. The number of nitrogens with one attached hydrogen (secondary N) is 1. The molecule has 3 rings (SSSR count). The first-order valence-electron chi connectivity index (χ1n) is 9.66. The van der Waals surface area contributed by atoms with E-state index < -0.39 is 16.1 Å². The number of carbonyl (C=O) groups excluding carboxylic acids is 1. The summed E-state index contributed by atoms with van der Waals surface area (Å²) in [4.78, 5) is 12.8. The molecule has 1 fully saturated rings. The van der Waals surface area contributed by atoms with Crippen LogP contribution in [0.15, 0.2) is 53.4 Å². The summed E-state index contributed by atoms with van der Waals surface area (Å²) in [6, 6.07) is 13.3. The summed E-state index contributed by atoms with van der Waals surface area (Å²) in [5.41, 5.74) is 0.521. The first-order chi connectivity index (χ1) is 13.9. The van der Waals surface area contributed by atoms with Crippen molar-refractivity contribution in [2.75, 3.05) is 25.5 Å². The van der Waals surface area contributed by atoms with Gasteiger partial charge in [0.15, 0.2) is 6.10 Å². The second-order valence-electron chi connectivity index (χ2n) is 6.82. The number of methoxy groups -OCH3 is 1. The van der Waals surface area contributed by atoms with E-state index in [0.717, 1.165) is 12.8 Å². The van der Waals surface area contributed by atoms with Gasteiger partial charge >= 0.3 is 0 Å². The lowest BCUT2D eigenvalue weighted by molar-refractivity contribution is -0.122. The van der Waals surface area contributed by atoms with Crippen LogP contribution in [0.25, 0.3) is 0 Å². The fourth-order valence-electron chi connectivity index (χ4n) is 3.15. The van der Waals surface area contributed by atoms with Crippen LogP contribution >= 0.6 is 0 Å². The fraction of sp³-hybridized carbons (Fsp3) is 0.381. The molecule has 2 aromatic rings. The number of amides is 1. The third-order valence-electron chi connectivity index (χ3n) is 4.83. The molecule has 29 heavy (non-hydrogen) atoms. The van der Waals surface area contributed by atoms with Gasteiger partial charge in [-0.25, -0.2) is 8.42 Å². The van der Waals surface area contributed by atoms with Crippen LogP contribution in [-0.4, -0.2) is 44.9 Å². The van der Waals surface area contributed by atoms with Crippen LogP contribution in [-0.2, 0) is 14.8 Å². The van der Waals surface area contributed by atoms with Gasteiger partial charge in [-0.05, 0) is 67.8 Å². The number of rotatable bonds is 8. The molecule has 0 bridgehead atoms. The molecule has 1 heterocycles. The Labute approximate surface area is 171 Å². The van der Waals surface area contributed by atoms with E-state index in [1.807, 2.05) is 6.92 Å². The van der Waals surface area contributed by atoms with E-state index in [2.05, 4.69) is 5.32 Å². The van der Waals surface area contributed by atoms with Crippen molar-refractivity contribution >= 4 is 21.6 Å². The van der Waals surface area contributed by atoms with Crippen LogP contribution in [0.2, 0.25) is 0 Å². The molecule has 1 saturated heterocycles. The number of sulfonamides is 1. The molecule has 0 spiro atoms. The van der Waals surface area contributed by atoms with Crippen molar-refractivity contribution in [1.82, 2.24) is 4.31 Å². The minimum absolute atomic E-state index is 0.235. The molecule has 0 radical (unpaired) electrons. The Morgan fingerprint density at radius 1 is 1.03 bits per heavy atom. The number of carbonyl (C=O) groups is 1. The van der Waals surface area contributed by atoms with E-state index >= 15 is 0 Å². The van der Waals surface area contributed by atoms with Gasteiger partial charge in [-0.1, -0.05) is 6.92 Å². The summed E-state index contributed by atoms with van der Waals surface area (Å²) >= 11 is 0. The van der Waals surface area contributed by atoms with Crippen molar-refractivity contribution in [3.63, 3.8) is 0 Å². The molecular weight excluding hydrogens is 392 g/mol. The molecule has 7 nitrogen and oxygen atoms in total. The van der Waals surface area contributed by atoms with Crippen LogP contribution in [0, 0.1) is 0 Å². The zero-order chi connectivity index (χ0) is 20.9. The minimum Gasteiger partial charge on any atom is -0.497 e. The molecule has 1 N–H and O–H groups in total. The number of nitrogens with zero attached hydrogens (tertiary/aromatic N) is 1. The Kier molecular flexibility index (Phi) is 6.76. The monoisotopic (exact) mass is 418 g/mol. The quantitative estimate of drug-likeness (QED) is 0.711. The largest absolute Gasteiger partial charge is 0.497 e. The third-order valence-corrected chi connectivity index (χ3v) is 6.74. The summed E-state index contributed by atoms with van der Waals surface area (Å²) in [6.45, 7) is 2.98. The maximum absolute atomic E-state index is 12.6. The normalized spacial score (nSPS) is 15.7. The minimum atomic E-state index is -3.47. The van der Waals surface area contributed by atoms with Crippen molar-refractivity contribution in [2.24, 2.45) is 0 Å². The molecule has 156 valence electrons. The molecule has 1 amide bonds. The number of hydrogen-bond acceptors (Lipinski definition) is 5. The van der Waals surface area contributed by atoms with E-state index in [0.29, 0.717) is 36.7 Å². The number of benzene rings is 2. The Balaban J connectivity index is 1.64. The summed E-state index contributed by atoms with van der Waals surface area (Å²) in [6.07, 6.45) is 1.59. The van der Waals surface area contributed by atoms with Gasteiger partial charge in [-0.3, -0.25) is 4.79 Å². The van der Waals surface area contributed by atoms with E-state index in [-0.39, 0.29) is 10.8 Å². The van der Waals surface area contributed by atoms with Gasteiger partial charge in [0.1, 0.15) is 11.5 Å². The Morgan fingerprint density at radius 2 is 1.62 bits per heavy atom. The maximum atomic E-state index is 12.6. The van der Waals surface area contributed by atoms with Crippen molar-refractivity contribution in [2.45, 2.75) is 37.2 Å². The van der Waals surface area contributed by atoms with Gasteiger partial charge in [0, 0.05) is 18.8 Å². The van der Waals surface area contributed by atoms with Gasteiger partial charge in [0.25, 0.3) is 5.91 Å². The van der Waals surface area contributed by atoms with Gasteiger partial charge in [0.2, 0.25) is 10.0 Å². The van der Waals surface area contributed by atoms with E-state index in [4.69, 9.17) is 9.47 Å². The molecule has 0 saturated carbocycles. The highest BCUT2D eigenvalue weighted by molar-refractivity contribution is 7.89. The molecule has 0 aromatic heterocycles. The zero-order valence-corrected chi connectivity index (χ0v) is 17.4. The third kappa shape index (κ3) is 5.07.